The molecule has 1 atom stereocenters. The zero-order valence-electron chi connectivity index (χ0n) is 8.42. The number of alkyl halides is 3. The van der Waals surface area contributed by atoms with Crippen LogP contribution in [0, 0.1) is 0 Å². The molecule has 0 aliphatic rings. The lowest BCUT2D eigenvalue weighted by Gasteiger charge is -2.21. The smallest absolute Gasteiger partial charge is 0.310 e. The van der Waals surface area contributed by atoms with E-state index in [0.29, 0.717) is 12.0 Å². The molecule has 0 aliphatic carbocycles. The van der Waals surface area contributed by atoms with E-state index in [1.54, 1.807) is 37.3 Å². The Balaban J connectivity index is 2.73. The van der Waals surface area contributed by atoms with Crippen LogP contribution in [-0.2, 0) is 4.74 Å². The second kappa shape index (κ2) is 5.16. The van der Waals surface area contributed by atoms with E-state index < -0.39 is 18.9 Å². The molecule has 0 bridgehead atoms. The summed E-state index contributed by atoms with van der Waals surface area (Å²) in [6.45, 7) is -0.0810. The first-order valence-corrected chi connectivity index (χ1v) is 4.75. The summed E-state index contributed by atoms with van der Waals surface area (Å²) in [5, 5.41) is 0. The van der Waals surface area contributed by atoms with Gasteiger partial charge in [-0.15, -0.1) is 0 Å². The maximum absolute atomic E-state index is 12.7. The van der Waals surface area contributed by atoms with Crippen molar-refractivity contribution >= 4 is 0 Å². The van der Waals surface area contributed by atoms with Crippen LogP contribution >= 0.6 is 0 Å². The van der Waals surface area contributed by atoms with Gasteiger partial charge in [0.15, 0.2) is 6.67 Å². The lowest BCUT2D eigenvalue weighted by atomic mass is 10.1. The second-order valence-corrected chi connectivity index (χ2v) is 3.20. The number of hydrogen-bond donors (Lipinski definition) is 0. The molecule has 1 aromatic carbocycles. The van der Waals surface area contributed by atoms with Crippen LogP contribution in [0.5, 0.6) is 0 Å². The van der Waals surface area contributed by atoms with Crippen molar-refractivity contribution in [2.24, 2.45) is 0 Å². The number of hydrogen-bond acceptors (Lipinski definition) is 1. The SMILES string of the molecule is CCC(OC(F)(F)CF)c1ccccc1. The van der Waals surface area contributed by atoms with Crippen LogP contribution in [0.15, 0.2) is 30.3 Å². The van der Waals surface area contributed by atoms with Gasteiger partial charge in [-0.25, -0.2) is 4.39 Å². The van der Waals surface area contributed by atoms with Crippen molar-refractivity contribution in [3.63, 3.8) is 0 Å². The van der Waals surface area contributed by atoms with Gasteiger partial charge in [-0.1, -0.05) is 37.3 Å². The van der Waals surface area contributed by atoms with Gasteiger partial charge in [-0.3, -0.25) is 0 Å². The molecule has 0 heterocycles. The maximum Gasteiger partial charge on any atom is 0.384 e. The molecule has 15 heavy (non-hydrogen) atoms. The molecule has 1 rings (SSSR count). The topological polar surface area (TPSA) is 9.23 Å². The van der Waals surface area contributed by atoms with Crippen molar-refractivity contribution in [3.8, 4) is 0 Å². The minimum Gasteiger partial charge on any atom is -0.310 e. The normalized spacial score (nSPS) is 13.9. The maximum atomic E-state index is 12.7. The van der Waals surface area contributed by atoms with Crippen molar-refractivity contribution in [2.45, 2.75) is 25.6 Å². The summed E-state index contributed by atoms with van der Waals surface area (Å²) >= 11 is 0. The highest BCUT2D eigenvalue weighted by Gasteiger charge is 2.33. The molecular formula is C11H13F3O. The van der Waals surface area contributed by atoms with Crippen LogP contribution in [0.2, 0.25) is 0 Å². The first kappa shape index (κ1) is 12.0. The average Bonchev–Trinajstić information content (AvgIpc) is 2.27. The summed E-state index contributed by atoms with van der Waals surface area (Å²) in [7, 11) is 0. The van der Waals surface area contributed by atoms with Gasteiger partial charge in [0.1, 0.15) is 0 Å². The molecule has 4 heteroatoms. The number of rotatable bonds is 5. The van der Waals surface area contributed by atoms with Crippen molar-refractivity contribution in [3.05, 3.63) is 35.9 Å². The highest BCUT2D eigenvalue weighted by molar-refractivity contribution is 5.17. The van der Waals surface area contributed by atoms with E-state index in [4.69, 9.17) is 0 Å². The first-order chi connectivity index (χ1) is 7.09. The second-order valence-electron chi connectivity index (χ2n) is 3.20. The van der Waals surface area contributed by atoms with Crippen molar-refractivity contribution in [1.29, 1.82) is 0 Å². The first-order valence-electron chi connectivity index (χ1n) is 4.75. The van der Waals surface area contributed by atoms with Gasteiger partial charge in [0.2, 0.25) is 0 Å². The van der Waals surface area contributed by atoms with Gasteiger partial charge in [0, 0.05) is 0 Å². The van der Waals surface area contributed by atoms with Gasteiger partial charge in [-0.2, -0.15) is 8.78 Å². The zero-order chi connectivity index (χ0) is 11.3. The van der Waals surface area contributed by atoms with Gasteiger partial charge in [0.05, 0.1) is 6.10 Å². The van der Waals surface area contributed by atoms with E-state index in [-0.39, 0.29) is 0 Å². The highest BCUT2D eigenvalue weighted by Crippen LogP contribution is 2.29. The van der Waals surface area contributed by atoms with Crippen LogP contribution in [0.25, 0.3) is 0 Å². The van der Waals surface area contributed by atoms with Crippen molar-refractivity contribution in [2.75, 3.05) is 6.67 Å². The Hall–Kier alpha value is -1.03. The lowest BCUT2D eigenvalue weighted by molar-refractivity contribution is -0.271. The van der Waals surface area contributed by atoms with Crippen LogP contribution in [0.4, 0.5) is 13.2 Å². The summed E-state index contributed by atoms with van der Waals surface area (Å²) in [6, 6.07) is 8.61. The number of halogens is 3. The molecule has 0 amide bonds. The summed E-state index contributed by atoms with van der Waals surface area (Å²) in [4.78, 5) is 0. The Bertz CT molecular complexity index is 287. The van der Waals surface area contributed by atoms with Crippen LogP contribution < -0.4 is 0 Å². The third kappa shape index (κ3) is 3.55. The van der Waals surface area contributed by atoms with Crippen molar-refractivity contribution < 1.29 is 17.9 Å². The van der Waals surface area contributed by atoms with Gasteiger partial charge in [-0.05, 0) is 12.0 Å². The van der Waals surface area contributed by atoms with E-state index in [2.05, 4.69) is 4.74 Å². The van der Waals surface area contributed by atoms with Crippen molar-refractivity contribution in [1.82, 2.24) is 0 Å². The molecule has 0 spiro atoms. The van der Waals surface area contributed by atoms with E-state index in [9.17, 15) is 13.2 Å². The average molecular weight is 218 g/mol. The molecule has 1 unspecified atom stereocenters. The third-order valence-electron chi connectivity index (χ3n) is 2.01. The van der Waals surface area contributed by atoms with Gasteiger partial charge < -0.3 is 4.74 Å². The van der Waals surface area contributed by atoms with Crippen LogP contribution in [0.1, 0.15) is 25.0 Å². The largest absolute Gasteiger partial charge is 0.384 e. The van der Waals surface area contributed by atoms with Crippen LogP contribution in [0.3, 0.4) is 0 Å². The molecule has 0 saturated carbocycles. The molecule has 1 nitrogen and oxygen atoms in total. The van der Waals surface area contributed by atoms with Crippen LogP contribution in [-0.4, -0.2) is 12.8 Å². The molecular weight excluding hydrogens is 205 g/mol. The fourth-order valence-corrected chi connectivity index (χ4v) is 1.29. The number of ether oxygens (including phenoxy) is 1. The van der Waals surface area contributed by atoms with E-state index in [1.165, 1.54) is 0 Å². The Morgan fingerprint density at radius 2 is 1.87 bits per heavy atom. The quantitative estimate of drug-likeness (QED) is 0.731. The summed E-state index contributed by atoms with van der Waals surface area (Å²) < 4.78 is 41.7. The third-order valence-corrected chi connectivity index (χ3v) is 2.01. The molecule has 84 valence electrons. The lowest BCUT2D eigenvalue weighted by Crippen LogP contribution is -2.25. The van der Waals surface area contributed by atoms with E-state index in [1.807, 2.05) is 0 Å². The zero-order valence-corrected chi connectivity index (χ0v) is 8.42. The molecule has 1 aromatic rings. The van der Waals surface area contributed by atoms with E-state index >= 15 is 0 Å². The molecule has 0 saturated heterocycles. The van der Waals surface area contributed by atoms with E-state index in [0.717, 1.165) is 0 Å². The fraction of sp³-hybridized carbons (Fsp3) is 0.455. The summed E-state index contributed by atoms with van der Waals surface area (Å²) in [6.07, 6.45) is -4.09. The summed E-state index contributed by atoms with van der Waals surface area (Å²) in [5.74, 6) is 0. The molecule has 0 fully saturated rings. The molecule has 0 radical (unpaired) electrons. The fourth-order valence-electron chi connectivity index (χ4n) is 1.29. The Morgan fingerprint density at radius 1 is 1.27 bits per heavy atom. The molecule has 0 aliphatic heterocycles. The minimum absolute atomic E-state index is 0.375. The number of benzene rings is 1. The predicted octanol–water partition coefficient (Wildman–Crippen LogP) is 3.72. The minimum atomic E-state index is -3.70. The molecule has 0 aromatic heterocycles. The highest BCUT2D eigenvalue weighted by atomic mass is 19.3. The molecule has 0 N–H and O–H groups in total. The van der Waals surface area contributed by atoms with Gasteiger partial charge >= 0.3 is 6.11 Å². The summed E-state index contributed by atoms with van der Waals surface area (Å²) in [5.41, 5.74) is 0.633. The standard InChI is InChI=1S/C11H13F3O/c1-2-10(15-11(13,14)8-12)9-6-4-3-5-7-9/h3-7,10H,2,8H2,1H3. The Kier molecular flexibility index (Phi) is 4.15. The van der Waals surface area contributed by atoms with Gasteiger partial charge in [0.25, 0.3) is 0 Å². The Morgan fingerprint density at radius 3 is 2.33 bits per heavy atom. The predicted molar refractivity (Wildman–Crippen MR) is 51.5 cm³/mol. The Labute approximate surface area is 86.9 Å². The monoisotopic (exact) mass is 218 g/mol.